The van der Waals surface area contributed by atoms with E-state index in [0.29, 0.717) is 18.7 Å². The lowest BCUT2D eigenvalue weighted by atomic mass is 10.1. The van der Waals surface area contributed by atoms with Gasteiger partial charge < -0.3 is 19.4 Å². The SMILES string of the molecule is COC(=O)c1cn(CC(=O)NCCOc2ccc3ccccc3c2)c2ccccc12. The standard InChI is InChI=1S/C24H22N2O4/c1-29-24(28)21-15-26(22-9-5-4-8-20(21)22)16-23(27)25-12-13-30-19-11-10-17-6-2-3-7-18(17)14-19/h2-11,14-15H,12-13,16H2,1H3,(H,25,27). The first-order valence-corrected chi connectivity index (χ1v) is 9.70. The topological polar surface area (TPSA) is 69.6 Å². The van der Waals surface area contributed by atoms with Crippen molar-refractivity contribution in [3.63, 3.8) is 0 Å². The van der Waals surface area contributed by atoms with Gasteiger partial charge in [-0.25, -0.2) is 4.79 Å². The van der Waals surface area contributed by atoms with Gasteiger partial charge in [0.1, 0.15) is 18.9 Å². The summed E-state index contributed by atoms with van der Waals surface area (Å²) >= 11 is 0. The van der Waals surface area contributed by atoms with Crippen molar-refractivity contribution in [1.29, 1.82) is 0 Å². The van der Waals surface area contributed by atoms with Gasteiger partial charge in [-0.2, -0.15) is 0 Å². The molecular weight excluding hydrogens is 380 g/mol. The van der Waals surface area contributed by atoms with Gasteiger partial charge in [0.15, 0.2) is 0 Å². The van der Waals surface area contributed by atoms with E-state index in [-0.39, 0.29) is 12.5 Å². The normalized spacial score (nSPS) is 10.8. The van der Waals surface area contributed by atoms with Crippen molar-refractivity contribution in [3.8, 4) is 5.75 Å². The van der Waals surface area contributed by atoms with Crippen LogP contribution < -0.4 is 10.1 Å². The lowest BCUT2D eigenvalue weighted by Gasteiger charge is -2.09. The molecular formula is C24H22N2O4. The first-order chi connectivity index (χ1) is 14.7. The molecule has 0 atom stereocenters. The fourth-order valence-corrected chi connectivity index (χ4v) is 3.48. The second kappa shape index (κ2) is 8.69. The first-order valence-electron chi connectivity index (χ1n) is 9.70. The molecule has 4 rings (SSSR count). The summed E-state index contributed by atoms with van der Waals surface area (Å²) < 4.78 is 12.3. The average Bonchev–Trinajstić information content (AvgIpc) is 3.14. The number of aromatic nitrogens is 1. The summed E-state index contributed by atoms with van der Waals surface area (Å²) in [5, 5.41) is 5.88. The molecule has 0 aliphatic rings. The van der Waals surface area contributed by atoms with Crippen molar-refractivity contribution in [1.82, 2.24) is 9.88 Å². The molecule has 30 heavy (non-hydrogen) atoms. The Bertz CT molecular complexity index is 1210. The first kappa shape index (κ1) is 19.5. The fraction of sp³-hybridized carbons (Fsp3) is 0.167. The fourth-order valence-electron chi connectivity index (χ4n) is 3.48. The molecule has 0 saturated carbocycles. The Morgan fingerprint density at radius 1 is 0.967 bits per heavy atom. The molecule has 3 aromatic carbocycles. The summed E-state index contributed by atoms with van der Waals surface area (Å²) in [4.78, 5) is 24.4. The van der Waals surface area contributed by atoms with Gasteiger partial charge in [-0.1, -0.05) is 48.5 Å². The Kier molecular flexibility index (Phi) is 5.66. The molecule has 0 aliphatic heterocycles. The van der Waals surface area contributed by atoms with Crippen molar-refractivity contribution in [2.45, 2.75) is 6.54 Å². The highest BCUT2D eigenvalue weighted by Gasteiger charge is 2.16. The molecule has 1 amide bonds. The van der Waals surface area contributed by atoms with Crippen molar-refractivity contribution in [2.24, 2.45) is 0 Å². The Hall–Kier alpha value is -3.80. The van der Waals surface area contributed by atoms with E-state index >= 15 is 0 Å². The van der Waals surface area contributed by atoms with Gasteiger partial charge in [-0.3, -0.25) is 4.79 Å². The minimum atomic E-state index is -0.422. The molecule has 1 N–H and O–H groups in total. The van der Waals surface area contributed by atoms with Gasteiger partial charge in [0.25, 0.3) is 0 Å². The van der Waals surface area contributed by atoms with Crippen molar-refractivity contribution >= 4 is 33.6 Å². The van der Waals surface area contributed by atoms with Crippen LogP contribution in [0.1, 0.15) is 10.4 Å². The lowest BCUT2D eigenvalue weighted by molar-refractivity contribution is -0.121. The summed E-state index contributed by atoms with van der Waals surface area (Å²) in [6, 6.07) is 21.4. The van der Waals surface area contributed by atoms with Gasteiger partial charge in [0.2, 0.25) is 5.91 Å². The molecule has 0 bridgehead atoms. The number of hydrogen-bond donors (Lipinski definition) is 1. The number of carbonyl (C=O) groups is 2. The summed E-state index contributed by atoms with van der Waals surface area (Å²) in [5.74, 6) is 0.186. The quantitative estimate of drug-likeness (QED) is 0.377. The zero-order valence-corrected chi connectivity index (χ0v) is 16.6. The number of methoxy groups -OCH3 is 1. The van der Waals surface area contributed by atoms with Crippen LogP contribution in [0.5, 0.6) is 5.75 Å². The van der Waals surface area contributed by atoms with E-state index in [1.54, 1.807) is 10.8 Å². The average molecular weight is 402 g/mol. The maximum atomic E-state index is 12.4. The van der Waals surface area contributed by atoms with Crippen LogP contribution in [-0.2, 0) is 16.1 Å². The number of para-hydroxylation sites is 1. The summed E-state index contributed by atoms with van der Waals surface area (Å²) in [7, 11) is 1.34. The monoisotopic (exact) mass is 402 g/mol. The predicted molar refractivity (Wildman–Crippen MR) is 116 cm³/mol. The number of nitrogens with zero attached hydrogens (tertiary/aromatic N) is 1. The van der Waals surface area contributed by atoms with E-state index in [9.17, 15) is 9.59 Å². The molecule has 0 aliphatic carbocycles. The molecule has 0 saturated heterocycles. The van der Waals surface area contributed by atoms with Crippen LogP contribution in [0.25, 0.3) is 21.7 Å². The van der Waals surface area contributed by atoms with E-state index < -0.39 is 5.97 Å². The molecule has 6 heteroatoms. The number of ether oxygens (including phenoxy) is 2. The Morgan fingerprint density at radius 3 is 2.57 bits per heavy atom. The third-order valence-electron chi connectivity index (χ3n) is 4.92. The number of benzene rings is 3. The van der Waals surface area contributed by atoms with E-state index in [4.69, 9.17) is 9.47 Å². The minimum Gasteiger partial charge on any atom is -0.492 e. The van der Waals surface area contributed by atoms with Gasteiger partial charge >= 0.3 is 5.97 Å². The summed E-state index contributed by atoms with van der Waals surface area (Å²) in [5.41, 5.74) is 1.25. The van der Waals surface area contributed by atoms with Crippen LogP contribution in [0.2, 0.25) is 0 Å². The zero-order valence-electron chi connectivity index (χ0n) is 16.6. The number of nitrogens with one attached hydrogen (secondary N) is 1. The molecule has 4 aromatic rings. The lowest BCUT2D eigenvalue weighted by Crippen LogP contribution is -2.31. The van der Waals surface area contributed by atoms with E-state index in [1.807, 2.05) is 60.7 Å². The predicted octanol–water partition coefficient (Wildman–Crippen LogP) is 3.78. The Labute approximate surface area is 174 Å². The highest BCUT2D eigenvalue weighted by Crippen LogP contribution is 2.22. The molecule has 1 heterocycles. The van der Waals surface area contributed by atoms with Gasteiger partial charge in [0, 0.05) is 17.1 Å². The van der Waals surface area contributed by atoms with E-state index in [2.05, 4.69) is 11.4 Å². The third-order valence-corrected chi connectivity index (χ3v) is 4.92. The number of carbonyl (C=O) groups excluding carboxylic acids is 2. The zero-order chi connectivity index (χ0) is 20.9. The van der Waals surface area contributed by atoms with Crippen LogP contribution in [-0.4, -0.2) is 36.7 Å². The molecule has 152 valence electrons. The van der Waals surface area contributed by atoms with Crippen LogP contribution >= 0.6 is 0 Å². The number of esters is 1. The Morgan fingerprint density at radius 2 is 1.73 bits per heavy atom. The maximum Gasteiger partial charge on any atom is 0.340 e. The molecule has 0 unspecified atom stereocenters. The minimum absolute atomic E-state index is 0.105. The van der Waals surface area contributed by atoms with Crippen molar-refractivity contribution in [3.05, 3.63) is 78.5 Å². The maximum absolute atomic E-state index is 12.4. The van der Waals surface area contributed by atoms with Gasteiger partial charge in [0.05, 0.1) is 19.2 Å². The van der Waals surface area contributed by atoms with Gasteiger partial charge in [-0.15, -0.1) is 0 Å². The number of amides is 1. The number of hydrogen-bond acceptors (Lipinski definition) is 4. The summed E-state index contributed by atoms with van der Waals surface area (Å²) in [6.45, 7) is 0.853. The molecule has 0 radical (unpaired) electrons. The van der Waals surface area contributed by atoms with Gasteiger partial charge in [-0.05, 0) is 29.0 Å². The molecule has 0 spiro atoms. The van der Waals surface area contributed by atoms with Crippen LogP contribution in [0.3, 0.4) is 0 Å². The molecule has 1 aromatic heterocycles. The van der Waals surface area contributed by atoms with Crippen molar-refractivity contribution in [2.75, 3.05) is 20.3 Å². The van der Waals surface area contributed by atoms with Crippen LogP contribution in [0, 0.1) is 0 Å². The number of rotatable bonds is 7. The Balaban J connectivity index is 1.34. The highest BCUT2D eigenvalue weighted by molar-refractivity contribution is 6.04. The highest BCUT2D eigenvalue weighted by atomic mass is 16.5. The second-order valence-corrected chi connectivity index (χ2v) is 6.89. The summed E-state index contributed by atoms with van der Waals surface area (Å²) in [6.07, 6.45) is 1.65. The second-order valence-electron chi connectivity index (χ2n) is 6.89. The largest absolute Gasteiger partial charge is 0.492 e. The van der Waals surface area contributed by atoms with E-state index in [1.165, 1.54) is 7.11 Å². The van der Waals surface area contributed by atoms with Crippen molar-refractivity contribution < 1.29 is 19.1 Å². The number of fused-ring (bicyclic) bond motifs is 2. The molecule has 0 fully saturated rings. The third kappa shape index (κ3) is 4.12. The molecule has 6 nitrogen and oxygen atoms in total. The smallest absolute Gasteiger partial charge is 0.340 e. The van der Waals surface area contributed by atoms with Crippen LogP contribution in [0.4, 0.5) is 0 Å². The van der Waals surface area contributed by atoms with E-state index in [0.717, 1.165) is 27.4 Å². The van der Waals surface area contributed by atoms with Crippen LogP contribution in [0.15, 0.2) is 72.9 Å².